The van der Waals surface area contributed by atoms with Crippen molar-refractivity contribution in [2.75, 3.05) is 19.6 Å². The minimum absolute atomic E-state index is 0. The molecule has 2 atom stereocenters. The lowest BCUT2D eigenvalue weighted by atomic mass is 10.0. The van der Waals surface area contributed by atoms with Crippen LogP contribution in [0.5, 0.6) is 0 Å². The minimum Gasteiger partial charge on any atom is -0.472 e. The first kappa shape index (κ1) is 20.3. The standard InChI is InChI=1S/C18H20ClN3O3.ClH/c1-12(21-17(23)13-6-9-25-11-13)18(24)22-8-7-20-10-16(22)14-4-2-3-5-15(14)19;/h2-6,9,11-12,16,20H,7-8,10H2,1H3,(H,21,23);1H. The maximum Gasteiger partial charge on any atom is 0.255 e. The number of nitrogens with one attached hydrogen (secondary N) is 2. The summed E-state index contributed by atoms with van der Waals surface area (Å²) in [5.41, 5.74) is 1.29. The Morgan fingerprint density at radius 1 is 1.35 bits per heavy atom. The fourth-order valence-corrected chi connectivity index (χ4v) is 3.24. The Bertz CT molecular complexity index is 752. The number of hydrogen-bond acceptors (Lipinski definition) is 4. The molecule has 1 aliphatic heterocycles. The van der Waals surface area contributed by atoms with Crippen molar-refractivity contribution in [2.24, 2.45) is 0 Å². The second-order valence-electron chi connectivity index (χ2n) is 5.98. The number of carbonyl (C=O) groups excluding carboxylic acids is 2. The summed E-state index contributed by atoms with van der Waals surface area (Å²) in [4.78, 5) is 26.8. The van der Waals surface area contributed by atoms with Gasteiger partial charge in [0, 0.05) is 24.7 Å². The molecule has 1 aromatic heterocycles. The van der Waals surface area contributed by atoms with Gasteiger partial charge in [-0.25, -0.2) is 0 Å². The zero-order valence-electron chi connectivity index (χ0n) is 14.3. The van der Waals surface area contributed by atoms with Crippen molar-refractivity contribution < 1.29 is 14.0 Å². The summed E-state index contributed by atoms with van der Waals surface area (Å²) in [5.74, 6) is -0.470. The molecule has 0 aliphatic carbocycles. The van der Waals surface area contributed by atoms with Gasteiger partial charge in [-0.1, -0.05) is 29.8 Å². The monoisotopic (exact) mass is 397 g/mol. The molecular weight excluding hydrogens is 377 g/mol. The van der Waals surface area contributed by atoms with Gasteiger partial charge in [-0.15, -0.1) is 12.4 Å². The number of carbonyl (C=O) groups is 2. The Kier molecular flexibility index (Phi) is 7.08. The number of benzene rings is 1. The summed E-state index contributed by atoms with van der Waals surface area (Å²) in [7, 11) is 0. The molecule has 2 aromatic rings. The fourth-order valence-electron chi connectivity index (χ4n) is 2.98. The lowest BCUT2D eigenvalue weighted by Gasteiger charge is -2.38. The predicted molar refractivity (Wildman–Crippen MR) is 102 cm³/mol. The Morgan fingerprint density at radius 2 is 2.12 bits per heavy atom. The molecule has 2 unspecified atom stereocenters. The summed E-state index contributed by atoms with van der Waals surface area (Å²) in [6.07, 6.45) is 2.77. The average molecular weight is 398 g/mol. The maximum absolute atomic E-state index is 12.9. The van der Waals surface area contributed by atoms with Crippen molar-refractivity contribution in [3.05, 3.63) is 59.0 Å². The van der Waals surface area contributed by atoms with Gasteiger partial charge >= 0.3 is 0 Å². The van der Waals surface area contributed by atoms with Gasteiger partial charge in [-0.3, -0.25) is 9.59 Å². The Morgan fingerprint density at radius 3 is 2.81 bits per heavy atom. The molecule has 2 amide bonds. The van der Waals surface area contributed by atoms with Gasteiger partial charge in [-0.2, -0.15) is 0 Å². The molecule has 1 fully saturated rings. The van der Waals surface area contributed by atoms with E-state index in [4.69, 9.17) is 16.0 Å². The van der Waals surface area contributed by atoms with Gasteiger partial charge in [0.1, 0.15) is 12.3 Å². The molecular formula is C18H21Cl2N3O3. The summed E-state index contributed by atoms with van der Waals surface area (Å²) >= 11 is 6.31. The van der Waals surface area contributed by atoms with Crippen LogP contribution in [0, 0.1) is 0 Å². The van der Waals surface area contributed by atoms with E-state index in [0.717, 1.165) is 5.56 Å². The van der Waals surface area contributed by atoms with Crippen molar-refractivity contribution >= 4 is 35.8 Å². The van der Waals surface area contributed by atoms with Crippen LogP contribution < -0.4 is 10.6 Å². The molecule has 2 N–H and O–H groups in total. The summed E-state index contributed by atoms with van der Waals surface area (Å²) < 4.78 is 4.90. The molecule has 0 saturated carbocycles. The normalized spacial score (nSPS) is 17.9. The van der Waals surface area contributed by atoms with E-state index in [2.05, 4.69) is 10.6 Å². The maximum atomic E-state index is 12.9. The first-order chi connectivity index (χ1) is 12.1. The number of amides is 2. The molecule has 0 spiro atoms. The number of hydrogen-bond donors (Lipinski definition) is 2. The van der Waals surface area contributed by atoms with Crippen LogP contribution in [0.2, 0.25) is 5.02 Å². The summed E-state index contributed by atoms with van der Waals surface area (Å²) in [6, 6.07) is 8.26. The lowest BCUT2D eigenvalue weighted by molar-refractivity contribution is -0.136. The fraction of sp³-hybridized carbons (Fsp3) is 0.333. The molecule has 8 heteroatoms. The van der Waals surface area contributed by atoms with Gasteiger partial charge in [0.15, 0.2) is 0 Å². The van der Waals surface area contributed by atoms with Crippen LogP contribution in [0.4, 0.5) is 0 Å². The third-order valence-corrected chi connectivity index (χ3v) is 4.64. The summed E-state index contributed by atoms with van der Waals surface area (Å²) in [6.45, 7) is 3.57. The molecule has 3 rings (SSSR count). The van der Waals surface area contributed by atoms with E-state index >= 15 is 0 Å². The van der Waals surface area contributed by atoms with E-state index < -0.39 is 6.04 Å². The van der Waals surface area contributed by atoms with E-state index in [1.165, 1.54) is 12.5 Å². The molecule has 6 nitrogen and oxygen atoms in total. The van der Waals surface area contributed by atoms with Crippen LogP contribution >= 0.6 is 24.0 Å². The quantitative estimate of drug-likeness (QED) is 0.831. The molecule has 2 heterocycles. The number of furan rings is 1. The number of halogens is 2. The van der Waals surface area contributed by atoms with Crippen LogP contribution in [0.3, 0.4) is 0 Å². The SMILES string of the molecule is CC(NC(=O)c1ccoc1)C(=O)N1CCNCC1c1ccccc1Cl.Cl. The van der Waals surface area contributed by atoms with Crippen LogP contribution in [-0.2, 0) is 4.79 Å². The van der Waals surface area contributed by atoms with E-state index in [-0.39, 0.29) is 30.3 Å². The van der Waals surface area contributed by atoms with E-state index in [1.54, 1.807) is 17.9 Å². The smallest absolute Gasteiger partial charge is 0.255 e. The van der Waals surface area contributed by atoms with Gasteiger partial charge in [0.2, 0.25) is 5.91 Å². The summed E-state index contributed by atoms with van der Waals surface area (Å²) in [5, 5.41) is 6.65. The number of nitrogens with zero attached hydrogens (tertiary/aromatic N) is 1. The Balaban J connectivity index is 0.00000243. The highest BCUT2D eigenvalue weighted by atomic mass is 35.5. The second kappa shape index (κ2) is 9.07. The van der Waals surface area contributed by atoms with Crippen LogP contribution in [0.25, 0.3) is 0 Å². The van der Waals surface area contributed by atoms with Crippen molar-refractivity contribution in [1.29, 1.82) is 0 Å². The number of rotatable bonds is 4. The van der Waals surface area contributed by atoms with Crippen molar-refractivity contribution in [1.82, 2.24) is 15.5 Å². The predicted octanol–water partition coefficient (Wildman–Crippen LogP) is 2.65. The molecule has 0 radical (unpaired) electrons. The third kappa shape index (κ3) is 4.38. The molecule has 140 valence electrons. The highest BCUT2D eigenvalue weighted by Crippen LogP contribution is 2.28. The second-order valence-corrected chi connectivity index (χ2v) is 6.39. The van der Waals surface area contributed by atoms with E-state index in [0.29, 0.717) is 30.2 Å². The van der Waals surface area contributed by atoms with E-state index in [1.807, 2.05) is 24.3 Å². The molecule has 26 heavy (non-hydrogen) atoms. The largest absolute Gasteiger partial charge is 0.472 e. The average Bonchev–Trinajstić information content (AvgIpc) is 3.16. The Labute approximate surface area is 163 Å². The highest BCUT2D eigenvalue weighted by Gasteiger charge is 2.32. The van der Waals surface area contributed by atoms with Crippen LogP contribution in [-0.4, -0.2) is 42.4 Å². The zero-order valence-corrected chi connectivity index (χ0v) is 15.8. The first-order valence-electron chi connectivity index (χ1n) is 8.16. The number of piperazine rings is 1. The van der Waals surface area contributed by atoms with Gasteiger partial charge in [-0.05, 0) is 24.6 Å². The lowest BCUT2D eigenvalue weighted by Crippen LogP contribution is -2.54. The highest BCUT2D eigenvalue weighted by molar-refractivity contribution is 6.31. The van der Waals surface area contributed by atoms with Crippen molar-refractivity contribution in [3.8, 4) is 0 Å². The van der Waals surface area contributed by atoms with Gasteiger partial charge < -0.3 is 20.0 Å². The van der Waals surface area contributed by atoms with Crippen LogP contribution in [0.1, 0.15) is 28.9 Å². The molecule has 1 saturated heterocycles. The van der Waals surface area contributed by atoms with Gasteiger partial charge in [0.25, 0.3) is 5.91 Å². The van der Waals surface area contributed by atoms with Crippen molar-refractivity contribution in [2.45, 2.75) is 19.0 Å². The van der Waals surface area contributed by atoms with Crippen LogP contribution in [0.15, 0.2) is 47.3 Å². The molecule has 1 aromatic carbocycles. The minimum atomic E-state index is -0.648. The Hall–Kier alpha value is -2.02. The van der Waals surface area contributed by atoms with E-state index in [9.17, 15) is 9.59 Å². The third-order valence-electron chi connectivity index (χ3n) is 4.29. The topological polar surface area (TPSA) is 74.6 Å². The molecule has 0 bridgehead atoms. The zero-order chi connectivity index (χ0) is 17.8. The van der Waals surface area contributed by atoms with Gasteiger partial charge in [0.05, 0.1) is 17.9 Å². The first-order valence-corrected chi connectivity index (χ1v) is 8.54. The van der Waals surface area contributed by atoms with Crippen molar-refractivity contribution in [3.63, 3.8) is 0 Å². The molecule has 1 aliphatic rings.